The number of carboxylic acid groups (broad SMARTS) is 1. The van der Waals surface area contributed by atoms with Gasteiger partial charge in [-0.15, -0.1) is 0 Å². The maximum atomic E-state index is 14.1. The van der Waals surface area contributed by atoms with Crippen LogP contribution in [0.5, 0.6) is 0 Å². The number of alkyl halides is 3. The average Bonchev–Trinajstić information content (AvgIpc) is 3.33. The van der Waals surface area contributed by atoms with Crippen LogP contribution in [0, 0.1) is 5.82 Å². The van der Waals surface area contributed by atoms with Gasteiger partial charge in [0, 0.05) is 48.7 Å². The molecule has 1 N–H and O–H groups in total. The lowest BCUT2D eigenvalue weighted by molar-refractivity contribution is -0.192. The number of piperidine rings is 1. The van der Waals surface area contributed by atoms with Gasteiger partial charge in [-0.05, 0) is 43.2 Å². The number of carbonyl (C=O) groups is 2. The maximum absolute atomic E-state index is 14.1. The lowest BCUT2D eigenvalue weighted by atomic mass is 9.96. The molecule has 4 heterocycles. The zero-order chi connectivity index (χ0) is 26.6. The van der Waals surface area contributed by atoms with Crippen LogP contribution in [0.3, 0.4) is 0 Å². The van der Waals surface area contributed by atoms with E-state index in [2.05, 4.69) is 15.1 Å². The average molecular weight is 515 g/mol. The van der Waals surface area contributed by atoms with E-state index in [1.807, 2.05) is 36.7 Å². The van der Waals surface area contributed by atoms with Crippen molar-refractivity contribution in [3.8, 4) is 11.1 Å². The van der Waals surface area contributed by atoms with Gasteiger partial charge < -0.3 is 10.0 Å². The summed E-state index contributed by atoms with van der Waals surface area (Å²) >= 11 is 0. The first-order chi connectivity index (χ1) is 17.6. The zero-order valence-electron chi connectivity index (χ0n) is 19.3. The summed E-state index contributed by atoms with van der Waals surface area (Å²) < 4.78 is 47.6. The molecular formula is C25H21F4N5O3. The normalized spacial score (nSPS) is 15.7. The largest absolute Gasteiger partial charge is 0.490 e. The first-order valence-electron chi connectivity index (χ1n) is 11.2. The van der Waals surface area contributed by atoms with Crippen molar-refractivity contribution in [2.75, 3.05) is 13.1 Å². The smallest absolute Gasteiger partial charge is 0.475 e. The molecule has 1 aliphatic rings. The number of benzene rings is 1. The number of hydrogen-bond acceptors (Lipinski definition) is 5. The highest BCUT2D eigenvalue weighted by atomic mass is 19.4. The fraction of sp³-hybridized carbons (Fsp3) is 0.240. The number of likely N-dealkylation sites (tertiary alicyclic amines) is 1. The number of fused-ring (bicyclic) bond motifs is 1. The monoisotopic (exact) mass is 515 g/mol. The van der Waals surface area contributed by atoms with Gasteiger partial charge in [0.2, 0.25) is 0 Å². The van der Waals surface area contributed by atoms with E-state index >= 15 is 0 Å². The quantitative estimate of drug-likeness (QED) is 0.401. The molecule has 4 aromatic rings. The lowest BCUT2D eigenvalue weighted by Gasteiger charge is -2.31. The molecule has 1 aliphatic heterocycles. The van der Waals surface area contributed by atoms with Crippen LogP contribution in [0.25, 0.3) is 16.8 Å². The van der Waals surface area contributed by atoms with Gasteiger partial charge in [0.05, 0.1) is 5.56 Å². The molecule has 192 valence electrons. The van der Waals surface area contributed by atoms with E-state index in [1.165, 1.54) is 12.1 Å². The summed E-state index contributed by atoms with van der Waals surface area (Å²) in [7, 11) is 0. The number of nitrogens with zero attached hydrogens (tertiary/aromatic N) is 5. The molecule has 1 unspecified atom stereocenters. The second-order valence-electron chi connectivity index (χ2n) is 8.31. The van der Waals surface area contributed by atoms with E-state index in [4.69, 9.17) is 9.90 Å². The summed E-state index contributed by atoms with van der Waals surface area (Å²) in [6, 6.07) is 14.0. The number of pyridine rings is 2. The van der Waals surface area contributed by atoms with Gasteiger partial charge in [-0.2, -0.15) is 18.3 Å². The first-order valence-corrected chi connectivity index (χ1v) is 11.2. The molecule has 0 radical (unpaired) electrons. The highest BCUT2D eigenvalue weighted by molar-refractivity contribution is 5.94. The number of amides is 1. The Morgan fingerprint density at radius 3 is 2.46 bits per heavy atom. The summed E-state index contributed by atoms with van der Waals surface area (Å²) in [5.41, 5.74) is 2.89. The standard InChI is InChI=1S/C23H20FN5O.C2HF3O2/c24-20-8-2-1-7-19(20)23(30)28-12-4-6-18(14-28)22-26-21-10-9-17(15-29(21)27-22)16-5-3-11-25-13-16;3-2(4,5)1(6)7/h1-3,5,7-11,13,15,18H,4,6,12,14H2;(H,6,7). The number of rotatable bonds is 3. The molecule has 5 rings (SSSR count). The Bertz CT molecular complexity index is 1410. The van der Waals surface area contributed by atoms with Crippen molar-refractivity contribution < 1.29 is 32.3 Å². The second kappa shape index (κ2) is 10.7. The van der Waals surface area contributed by atoms with Crippen LogP contribution in [-0.2, 0) is 4.79 Å². The Morgan fingerprint density at radius 2 is 1.78 bits per heavy atom. The Morgan fingerprint density at radius 1 is 1.03 bits per heavy atom. The predicted molar refractivity (Wildman–Crippen MR) is 124 cm³/mol. The highest BCUT2D eigenvalue weighted by Crippen LogP contribution is 2.27. The van der Waals surface area contributed by atoms with Gasteiger partial charge in [-0.3, -0.25) is 9.78 Å². The van der Waals surface area contributed by atoms with Crippen LogP contribution in [0.4, 0.5) is 17.6 Å². The van der Waals surface area contributed by atoms with Gasteiger partial charge >= 0.3 is 12.1 Å². The van der Waals surface area contributed by atoms with Gasteiger partial charge in [0.1, 0.15) is 5.82 Å². The summed E-state index contributed by atoms with van der Waals surface area (Å²) in [4.78, 5) is 32.3. The lowest BCUT2D eigenvalue weighted by Crippen LogP contribution is -2.39. The number of hydrogen-bond donors (Lipinski definition) is 1. The number of aliphatic carboxylic acids is 1. The molecule has 1 amide bonds. The molecule has 0 bridgehead atoms. The molecule has 0 saturated carbocycles. The summed E-state index contributed by atoms with van der Waals surface area (Å²) in [5, 5.41) is 11.8. The molecule has 1 aromatic carbocycles. The predicted octanol–water partition coefficient (Wildman–Crippen LogP) is 4.58. The summed E-state index contributed by atoms with van der Waals surface area (Å²) in [6.07, 6.45) is 2.14. The minimum absolute atomic E-state index is 0.0243. The Balaban J connectivity index is 0.000000405. The van der Waals surface area contributed by atoms with Gasteiger partial charge in [-0.1, -0.05) is 18.2 Å². The van der Waals surface area contributed by atoms with Crippen molar-refractivity contribution >= 4 is 17.5 Å². The molecule has 0 spiro atoms. The first kappa shape index (κ1) is 25.7. The number of aromatic nitrogens is 4. The molecule has 12 heteroatoms. The van der Waals surface area contributed by atoms with Crippen LogP contribution in [0.15, 0.2) is 67.1 Å². The topological polar surface area (TPSA) is 101 Å². The van der Waals surface area contributed by atoms with Gasteiger partial charge in [0.25, 0.3) is 5.91 Å². The van der Waals surface area contributed by atoms with Crippen LogP contribution in [0.1, 0.15) is 34.9 Å². The summed E-state index contributed by atoms with van der Waals surface area (Å²) in [6.45, 7) is 1.10. The maximum Gasteiger partial charge on any atom is 0.490 e. The summed E-state index contributed by atoms with van der Waals surface area (Å²) in [5.74, 6) is -2.79. The third kappa shape index (κ3) is 6.08. The van der Waals surface area contributed by atoms with Crippen LogP contribution in [0.2, 0.25) is 0 Å². The minimum Gasteiger partial charge on any atom is -0.475 e. The molecule has 1 atom stereocenters. The molecule has 37 heavy (non-hydrogen) atoms. The van der Waals surface area contributed by atoms with Crippen molar-refractivity contribution in [3.63, 3.8) is 0 Å². The third-order valence-electron chi connectivity index (χ3n) is 5.76. The third-order valence-corrected chi connectivity index (χ3v) is 5.76. The minimum atomic E-state index is -5.08. The number of carboxylic acids is 1. The van der Waals surface area contributed by atoms with Gasteiger partial charge in [-0.25, -0.2) is 18.7 Å². The van der Waals surface area contributed by atoms with E-state index < -0.39 is 18.0 Å². The zero-order valence-corrected chi connectivity index (χ0v) is 19.3. The van der Waals surface area contributed by atoms with Crippen LogP contribution >= 0.6 is 0 Å². The van der Waals surface area contributed by atoms with E-state index in [1.54, 1.807) is 27.7 Å². The number of halogens is 4. The number of carbonyl (C=O) groups excluding carboxylic acids is 1. The SMILES string of the molecule is O=C(O)C(F)(F)F.O=C(c1ccccc1F)N1CCCC(c2nc3ccc(-c4cccnc4)cn3n2)C1. The Labute approximate surface area is 208 Å². The molecule has 0 aliphatic carbocycles. The van der Waals surface area contributed by atoms with Crippen molar-refractivity contribution in [1.82, 2.24) is 24.5 Å². The van der Waals surface area contributed by atoms with Crippen molar-refractivity contribution in [1.29, 1.82) is 0 Å². The van der Waals surface area contributed by atoms with Gasteiger partial charge in [0.15, 0.2) is 11.5 Å². The highest BCUT2D eigenvalue weighted by Gasteiger charge is 2.38. The fourth-order valence-electron chi connectivity index (χ4n) is 3.95. The van der Waals surface area contributed by atoms with Crippen LogP contribution in [-0.4, -0.2) is 60.7 Å². The van der Waals surface area contributed by atoms with E-state index in [-0.39, 0.29) is 17.4 Å². The second-order valence-corrected chi connectivity index (χ2v) is 8.31. The van der Waals surface area contributed by atoms with Crippen molar-refractivity contribution in [2.45, 2.75) is 24.9 Å². The van der Waals surface area contributed by atoms with E-state index in [9.17, 15) is 22.4 Å². The van der Waals surface area contributed by atoms with Crippen molar-refractivity contribution in [3.05, 3.63) is 84.3 Å². The fourth-order valence-corrected chi connectivity index (χ4v) is 3.95. The van der Waals surface area contributed by atoms with E-state index in [0.717, 1.165) is 29.6 Å². The molecule has 8 nitrogen and oxygen atoms in total. The molecule has 1 fully saturated rings. The molecule has 1 saturated heterocycles. The Kier molecular flexibility index (Phi) is 7.46. The van der Waals surface area contributed by atoms with E-state index in [0.29, 0.717) is 18.9 Å². The molecule has 3 aromatic heterocycles. The molecular weight excluding hydrogens is 494 g/mol. The van der Waals surface area contributed by atoms with Crippen molar-refractivity contribution in [2.24, 2.45) is 0 Å². The Hall–Kier alpha value is -4.35. The van der Waals surface area contributed by atoms with Crippen LogP contribution < -0.4 is 0 Å².